The molecule has 0 amide bonds. The third kappa shape index (κ3) is 4.79. The van der Waals surface area contributed by atoms with Crippen LogP contribution >= 0.6 is 0 Å². The summed E-state index contributed by atoms with van der Waals surface area (Å²) in [4.78, 5) is 8.14. The van der Waals surface area contributed by atoms with Gasteiger partial charge in [-0.3, -0.25) is 4.99 Å². The lowest BCUT2D eigenvalue weighted by molar-refractivity contribution is 0.179. The number of nitrogens with zero attached hydrogens (tertiary/aromatic N) is 3. The van der Waals surface area contributed by atoms with E-state index in [9.17, 15) is 0 Å². The molecule has 16 heavy (non-hydrogen) atoms. The van der Waals surface area contributed by atoms with Crippen molar-refractivity contribution in [2.45, 2.75) is 19.5 Å². The summed E-state index contributed by atoms with van der Waals surface area (Å²) in [5.41, 5.74) is 5.70. The van der Waals surface area contributed by atoms with E-state index in [0.29, 0.717) is 19.1 Å². The van der Waals surface area contributed by atoms with Gasteiger partial charge in [0.25, 0.3) is 0 Å². The summed E-state index contributed by atoms with van der Waals surface area (Å²) in [6, 6.07) is 0.169. The summed E-state index contributed by atoms with van der Waals surface area (Å²) in [5, 5.41) is 3.04. The van der Waals surface area contributed by atoms with E-state index in [1.807, 2.05) is 17.7 Å². The van der Waals surface area contributed by atoms with Crippen LogP contribution in [0, 0.1) is 0 Å². The minimum absolute atomic E-state index is 0.169. The van der Waals surface area contributed by atoms with Gasteiger partial charge in [-0.15, -0.1) is 0 Å². The smallest absolute Gasteiger partial charge is 0.188 e. The predicted octanol–water partition coefficient (Wildman–Crippen LogP) is -0.178. The van der Waals surface area contributed by atoms with Crippen LogP contribution in [0.1, 0.15) is 6.92 Å². The van der Waals surface area contributed by atoms with Crippen molar-refractivity contribution in [2.24, 2.45) is 10.7 Å². The molecule has 6 nitrogen and oxygen atoms in total. The van der Waals surface area contributed by atoms with Crippen molar-refractivity contribution >= 4 is 5.96 Å². The molecule has 0 saturated carbocycles. The standard InChI is InChI=1S/C10H19N5O/c1-9(7-16-2)14-10(11)13-4-6-15-5-3-12-8-15/h3,5,8-9H,4,6-7H2,1-2H3,(H3,11,13,14). The topological polar surface area (TPSA) is 77.5 Å². The average molecular weight is 225 g/mol. The van der Waals surface area contributed by atoms with Crippen molar-refractivity contribution in [1.82, 2.24) is 14.9 Å². The molecule has 0 aliphatic carbocycles. The lowest BCUT2D eigenvalue weighted by Crippen LogP contribution is -2.40. The van der Waals surface area contributed by atoms with Crippen LogP contribution in [-0.2, 0) is 11.3 Å². The number of imidazole rings is 1. The number of methoxy groups -OCH3 is 1. The maximum absolute atomic E-state index is 5.70. The Morgan fingerprint density at radius 1 is 1.69 bits per heavy atom. The number of hydrogen-bond acceptors (Lipinski definition) is 3. The van der Waals surface area contributed by atoms with Gasteiger partial charge >= 0.3 is 0 Å². The fraction of sp³-hybridized carbons (Fsp3) is 0.600. The van der Waals surface area contributed by atoms with Gasteiger partial charge < -0.3 is 20.4 Å². The second-order valence-electron chi connectivity index (χ2n) is 3.57. The molecule has 0 radical (unpaired) electrons. The molecule has 90 valence electrons. The van der Waals surface area contributed by atoms with Gasteiger partial charge in [-0.2, -0.15) is 0 Å². The Morgan fingerprint density at radius 3 is 3.12 bits per heavy atom. The Hall–Kier alpha value is -1.56. The van der Waals surface area contributed by atoms with Crippen molar-refractivity contribution in [1.29, 1.82) is 0 Å². The fourth-order valence-electron chi connectivity index (χ4n) is 1.29. The molecule has 0 aliphatic rings. The lowest BCUT2D eigenvalue weighted by Gasteiger charge is -2.12. The van der Waals surface area contributed by atoms with E-state index in [1.54, 1.807) is 19.6 Å². The van der Waals surface area contributed by atoms with Crippen molar-refractivity contribution in [3.05, 3.63) is 18.7 Å². The monoisotopic (exact) mass is 225 g/mol. The molecule has 1 heterocycles. The number of aromatic nitrogens is 2. The number of guanidine groups is 1. The number of nitrogens with one attached hydrogen (secondary N) is 1. The van der Waals surface area contributed by atoms with Gasteiger partial charge in [0.05, 0.1) is 19.5 Å². The van der Waals surface area contributed by atoms with E-state index in [-0.39, 0.29) is 6.04 Å². The molecular weight excluding hydrogens is 206 g/mol. The van der Waals surface area contributed by atoms with Crippen molar-refractivity contribution in [3.63, 3.8) is 0 Å². The fourth-order valence-corrected chi connectivity index (χ4v) is 1.29. The molecule has 3 N–H and O–H groups in total. The van der Waals surface area contributed by atoms with Crippen LogP contribution in [0.4, 0.5) is 0 Å². The third-order valence-electron chi connectivity index (χ3n) is 2.01. The number of hydrogen-bond donors (Lipinski definition) is 2. The van der Waals surface area contributed by atoms with Gasteiger partial charge in [-0.05, 0) is 6.92 Å². The predicted molar refractivity (Wildman–Crippen MR) is 63.2 cm³/mol. The molecule has 1 rings (SSSR count). The highest BCUT2D eigenvalue weighted by atomic mass is 16.5. The number of aliphatic imine (C=N–C) groups is 1. The molecule has 0 bridgehead atoms. The summed E-state index contributed by atoms with van der Waals surface area (Å²) >= 11 is 0. The highest BCUT2D eigenvalue weighted by molar-refractivity contribution is 5.78. The Bertz CT molecular complexity index is 309. The average Bonchev–Trinajstić information content (AvgIpc) is 2.70. The van der Waals surface area contributed by atoms with Crippen LogP contribution in [0.15, 0.2) is 23.7 Å². The second kappa shape index (κ2) is 6.84. The molecule has 6 heteroatoms. The largest absolute Gasteiger partial charge is 0.383 e. The Labute approximate surface area is 95.5 Å². The van der Waals surface area contributed by atoms with Crippen LogP contribution in [-0.4, -0.2) is 41.8 Å². The molecule has 0 saturated heterocycles. The minimum Gasteiger partial charge on any atom is -0.383 e. The van der Waals surface area contributed by atoms with Gasteiger partial charge in [0.1, 0.15) is 0 Å². The molecule has 1 aromatic rings. The van der Waals surface area contributed by atoms with Crippen molar-refractivity contribution in [2.75, 3.05) is 20.3 Å². The summed E-state index contributed by atoms with van der Waals surface area (Å²) < 4.78 is 6.94. The van der Waals surface area contributed by atoms with E-state index >= 15 is 0 Å². The van der Waals surface area contributed by atoms with Gasteiger partial charge in [-0.1, -0.05) is 0 Å². The Morgan fingerprint density at radius 2 is 2.50 bits per heavy atom. The first kappa shape index (κ1) is 12.5. The second-order valence-corrected chi connectivity index (χ2v) is 3.57. The van der Waals surface area contributed by atoms with Crippen LogP contribution in [0.3, 0.4) is 0 Å². The van der Waals surface area contributed by atoms with Gasteiger partial charge in [0.2, 0.25) is 0 Å². The zero-order valence-corrected chi connectivity index (χ0v) is 9.76. The number of nitrogens with two attached hydrogens (primary N) is 1. The highest BCUT2D eigenvalue weighted by Gasteiger charge is 2.00. The zero-order valence-electron chi connectivity index (χ0n) is 9.76. The summed E-state index contributed by atoms with van der Waals surface area (Å²) in [7, 11) is 1.66. The van der Waals surface area contributed by atoms with Crippen molar-refractivity contribution < 1.29 is 4.74 Å². The lowest BCUT2D eigenvalue weighted by atomic mass is 10.4. The molecule has 0 aromatic carbocycles. The summed E-state index contributed by atoms with van der Waals surface area (Å²) in [5.74, 6) is 0.449. The molecule has 0 spiro atoms. The van der Waals surface area contributed by atoms with Crippen LogP contribution in [0.2, 0.25) is 0 Å². The maximum Gasteiger partial charge on any atom is 0.188 e. The first-order valence-corrected chi connectivity index (χ1v) is 5.23. The number of rotatable bonds is 6. The van der Waals surface area contributed by atoms with Crippen LogP contribution < -0.4 is 11.1 Å². The molecule has 1 unspecified atom stereocenters. The molecule has 1 atom stereocenters. The van der Waals surface area contributed by atoms with E-state index in [0.717, 1.165) is 6.54 Å². The zero-order chi connectivity index (χ0) is 11.8. The van der Waals surface area contributed by atoms with Crippen LogP contribution in [0.25, 0.3) is 0 Å². The van der Waals surface area contributed by atoms with Crippen molar-refractivity contribution in [3.8, 4) is 0 Å². The first-order chi connectivity index (χ1) is 7.72. The van der Waals surface area contributed by atoms with Gasteiger partial charge in [-0.25, -0.2) is 4.98 Å². The Kier molecular flexibility index (Phi) is 5.35. The first-order valence-electron chi connectivity index (χ1n) is 5.23. The quantitative estimate of drug-likeness (QED) is 0.520. The minimum atomic E-state index is 0.169. The van der Waals surface area contributed by atoms with E-state index in [1.165, 1.54) is 0 Å². The molecule has 0 fully saturated rings. The van der Waals surface area contributed by atoms with E-state index in [4.69, 9.17) is 10.5 Å². The molecular formula is C10H19N5O. The molecule has 1 aromatic heterocycles. The van der Waals surface area contributed by atoms with E-state index in [2.05, 4.69) is 15.3 Å². The van der Waals surface area contributed by atoms with Crippen LogP contribution in [0.5, 0.6) is 0 Å². The van der Waals surface area contributed by atoms with Gasteiger partial charge in [0.15, 0.2) is 5.96 Å². The highest BCUT2D eigenvalue weighted by Crippen LogP contribution is 1.86. The SMILES string of the molecule is COCC(C)NC(N)=NCCn1ccnc1. The van der Waals surface area contributed by atoms with Gasteiger partial charge in [0, 0.05) is 32.1 Å². The summed E-state index contributed by atoms with van der Waals surface area (Å²) in [6.45, 7) is 4.01. The van der Waals surface area contributed by atoms with E-state index < -0.39 is 0 Å². The molecule has 0 aliphatic heterocycles. The Balaban J connectivity index is 2.23. The summed E-state index contributed by atoms with van der Waals surface area (Å²) in [6.07, 6.45) is 5.39. The third-order valence-corrected chi connectivity index (χ3v) is 2.01. The normalized spacial score (nSPS) is 13.8. The number of ether oxygens (including phenoxy) is 1. The maximum atomic E-state index is 5.70.